The molecule has 196 valence electrons. The molecule has 3 aromatic rings. The van der Waals surface area contributed by atoms with Gasteiger partial charge >= 0.3 is 0 Å². The van der Waals surface area contributed by atoms with E-state index in [9.17, 15) is 4.79 Å². The number of carbonyl (C=O) groups is 1. The van der Waals surface area contributed by atoms with Gasteiger partial charge in [-0.05, 0) is 48.4 Å². The molecule has 1 amide bonds. The minimum absolute atomic E-state index is 0.0592. The number of nitrogens with zero attached hydrogens (tertiary/aromatic N) is 5. The largest absolute Gasteiger partial charge is 0.375 e. The molecule has 1 aliphatic rings. The van der Waals surface area contributed by atoms with Gasteiger partial charge in [-0.25, -0.2) is 5.84 Å². The normalized spacial score (nSPS) is 15.2. The molecule has 38 heavy (non-hydrogen) atoms. The monoisotopic (exact) mass is 552 g/mol. The van der Waals surface area contributed by atoms with Crippen molar-refractivity contribution < 1.29 is 9.53 Å². The molecule has 0 aliphatic carbocycles. The minimum Gasteiger partial charge on any atom is -0.375 e. The highest BCUT2D eigenvalue weighted by Gasteiger charge is 2.18. The zero-order valence-corrected chi connectivity index (χ0v) is 22.1. The number of methoxy groups -OCH3 is 1. The maximum Gasteiger partial charge on any atom is 0.251 e. The van der Waals surface area contributed by atoms with E-state index in [-0.39, 0.29) is 24.4 Å². The van der Waals surface area contributed by atoms with Gasteiger partial charge in [-0.3, -0.25) is 14.5 Å². The molecule has 0 fully saturated rings. The number of hydrazine groups is 1. The van der Waals surface area contributed by atoms with Gasteiger partial charge in [0.15, 0.2) is 5.84 Å². The number of aliphatic imine (C=N–C) groups is 1. The van der Waals surface area contributed by atoms with E-state index in [0.717, 1.165) is 22.5 Å². The van der Waals surface area contributed by atoms with Gasteiger partial charge < -0.3 is 15.5 Å². The van der Waals surface area contributed by atoms with Gasteiger partial charge in [0, 0.05) is 41.2 Å². The molecule has 1 unspecified atom stereocenters. The van der Waals surface area contributed by atoms with Gasteiger partial charge in [0.05, 0.1) is 36.3 Å². The molecule has 2 aromatic carbocycles. The molecule has 1 atom stereocenters. The quantitative estimate of drug-likeness (QED) is 0.160. The summed E-state index contributed by atoms with van der Waals surface area (Å²) in [5.41, 5.74) is 6.92. The van der Waals surface area contributed by atoms with Gasteiger partial charge in [-0.15, -0.1) is 5.10 Å². The molecule has 0 bridgehead atoms. The van der Waals surface area contributed by atoms with Crippen LogP contribution in [0.1, 0.15) is 28.0 Å². The fourth-order valence-corrected chi connectivity index (χ4v) is 4.35. The van der Waals surface area contributed by atoms with Crippen molar-refractivity contribution in [3.8, 4) is 11.3 Å². The lowest BCUT2D eigenvalue weighted by Gasteiger charge is -2.15. The van der Waals surface area contributed by atoms with Crippen LogP contribution in [-0.2, 0) is 11.3 Å². The molecule has 4 rings (SSSR count). The van der Waals surface area contributed by atoms with Crippen molar-refractivity contribution >= 4 is 53.6 Å². The Kier molecular flexibility index (Phi) is 9.03. The maximum atomic E-state index is 12.5. The molecule has 0 saturated carbocycles. The van der Waals surface area contributed by atoms with E-state index in [1.165, 1.54) is 0 Å². The number of hydrogen-bond donors (Lipinski definition) is 3. The van der Waals surface area contributed by atoms with E-state index < -0.39 is 0 Å². The Morgan fingerprint density at radius 2 is 1.95 bits per heavy atom. The third kappa shape index (κ3) is 6.73. The highest BCUT2D eigenvalue weighted by molar-refractivity contribution is 6.35. The first-order valence-electron chi connectivity index (χ1n) is 11.6. The van der Waals surface area contributed by atoms with Crippen LogP contribution in [0, 0.1) is 0 Å². The van der Waals surface area contributed by atoms with Crippen LogP contribution in [0.2, 0.25) is 10.0 Å². The lowest BCUT2D eigenvalue weighted by atomic mass is 10.1. The van der Waals surface area contributed by atoms with Crippen LogP contribution in [-0.4, -0.2) is 54.2 Å². The lowest BCUT2D eigenvalue weighted by molar-refractivity contribution is 0.0959. The summed E-state index contributed by atoms with van der Waals surface area (Å²) in [6, 6.07) is 14.5. The van der Waals surface area contributed by atoms with E-state index in [1.807, 2.05) is 41.1 Å². The summed E-state index contributed by atoms with van der Waals surface area (Å²) in [5, 5.41) is 15.7. The molecule has 2 heterocycles. The van der Waals surface area contributed by atoms with Gasteiger partial charge in [0.1, 0.15) is 0 Å². The molecule has 12 heteroatoms. The number of rotatable bonds is 9. The van der Waals surface area contributed by atoms with Crippen LogP contribution in [0.4, 0.5) is 0 Å². The third-order valence-corrected chi connectivity index (χ3v) is 6.19. The summed E-state index contributed by atoms with van der Waals surface area (Å²) < 4.78 is 7.25. The highest BCUT2D eigenvalue weighted by atomic mass is 35.5. The van der Waals surface area contributed by atoms with Crippen molar-refractivity contribution in [3.05, 3.63) is 81.5 Å². The molecule has 4 N–H and O–H groups in total. The number of amidine groups is 1. The summed E-state index contributed by atoms with van der Waals surface area (Å²) in [5.74, 6) is 5.35. The van der Waals surface area contributed by atoms with Gasteiger partial charge in [-0.1, -0.05) is 41.4 Å². The number of halogens is 2. The summed E-state index contributed by atoms with van der Waals surface area (Å²) in [6.07, 6.45) is 4.46. The smallest absolute Gasteiger partial charge is 0.251 e. The van der Waals surface area contributed by atoms with E-state index in [0.29, 0.717) is 34.3 Å². The summed E-state index contributed by atoms with van der Waals surface area (Å²) in [4.78, 5) is 17.1. The fraction of sp³-hybridized carbons (Fsp3) is 0.192. The van der Waals surface area contributed by atoms with Crippen molar-refractivity contribution in [2.24, 2.45) is 21.0 Å². The number of amides is 1. The Balaban J connectivity index is 1.58. The Labute approximate surface area is 229 Å². The van der Waals surface area contributed by atoms with Crippen molar-refractivity contribution in [1.29, 1.82) is 0 Å². The first-order chi connectivity index (χ1) is 18.4. The Bertz CT molecular complexity index is 1390. The molecule has 1 aliphatic heterocycles. The Morgan fingerprint density at radius 1 is 1.21 bits per heavy atom. The summed E-state index contributed by atoms with van der Waals surface area (Å²) in [6.45, 7) is 3.80. The number of aromatic nitrogens is 2. The average Bonchev–Trinajstić information content (AvgIpc) is 3.34. The van der Waals surface area contributed by atoms with E-state index in [2.05, 4.69) is 32.7 Å². The van der Waals surface area contributed by atoms with Crippen molar-refractivity contribution in [3.63, 3.8) is 0 Å². The predicted molar refractivity (Wildman–Crippen MR) is 152 cm³/mol. The maximum absolute atomic E-state index is 12.5. The first kappa shape index (κ1) is 27.2. The van der Waals surface area contributed by atoms with Crippen LogP contribution in [0.25, 0.3) is 17.0 Å². The van der Waals surface area contributed by atoms with Crippen LogP contribution in [0.3, 0.4) is 0 Å². The van der Waals surface area contributed by atoms with Crippen LogP contribution in [0.5, 0.6) is 0 Å². The topological polar surface area (TPSA) is 131 Å². The predicted octanol–water partition coefficient (Wildman–Crippen LogP) is 3.94. The van der Waals surface area contributed by atoms with Crippen LogP contribution < -0.4 is 16.6 Å². The van der Waals surface area contributed by atoms with E-state index >= 15 is 0 Å². The van der Waals surface area contributed by atoms with Crippen molar-refractivity contribution in [2.75, 3.05) is 13.7 Å². The Morgan fingerprint density at radius 3 is 2.55 bits per heavy atom. The summed E-state index contributed by atoms with van der Waals surface area (Å²) in [7, 11) is 1.66. The number of carbonyl (C=O) groups excluding carboxylic acids is 1. The molecule has 0 saturated heterocycles. The second-order valence-corrected chi connectivity index (χ2v) is 9.19. The first-order valence-corrected chi connectivity index (χ1v) is 12.3. The average molecular weight is 553 g/mol. The van der Waals surface area contributed by atoms with Crippen molar-refractivity contribution in [1.82, 2.24) is 20.5 Å². The molecule has 0 spiro atoms. The van der Waals surface area contributed by atoms with Gasteiger partial charge in [0.25, 0.3) is 5.91 Å². The highest BCUT2D eigenvalue weighted by Crippen LogP contribution is 2.30. The van der Waals surface area contributed by atoms with Crippen LogP contribution in [0.15, 0.2) is 69.8 Å². The minimum atomic E-state index is -0.280. The number of ether oxygens (including phenoxy) is 1. The second kappa shape index (κ2) is 12.6. The van der Waals surface area contributed by atoms with Crippen molar-refractivity contribution in [2.45, 2.75) is 19.1 Å². The SMILES string of the molecule is C=N/N=C(/CNC(=O)c1ccc(Cn2nc(-c3cc(Cl)cc(Cl)c3)cc2C2=CCC(OC)C=N2)cc1)NN. The zero-order valence-electron chi connectivity index (χ0n) is 20.6. The zero-order chi connectivity index (χ0) is 27.1. The number of nitrogens with two attached hydrogens (primary N) is 1. The fourth-order valence-electron chi connectivity index (χ4n) is 3.82. The van der Waals surface area contributed by atoms with Gasteiger partial charge in [-0.2, -0.15) is 10.2 Å². The number of hydrogen-bond acceptors (Lipinski definition) is 7. The molecule has 10 nitrogen and oxygen atoms in total. The molecule has 1 aromatic heterocycles. The second-order valence-electron chi connectivity index (χ2n) is 8.32. The van der Waals surface area contributed by atoms with Crippen LogP contribution >= 0.6 is 23.2 Å². The molecular weight excluding hydrogens is 527 g/mol. The number of nitrogens with one attached hydrogen (secondary N) is 2. The molecule has 0 radical (unpaired) electrons. The standard InChI is InChI=1S/C26H26Cl2N8O2/c1-30-34-25(33-29)14-32-26(37)17-5-3-16(4-6-17)15-36-24(22-8-7-21(38-2)13-31-22)12-23(35-36)18-9-19(27)11-20(28)10-18/h3-6,8-13,21H,1,7,14-15,29H2,2H3,(H,32,37)(H,33,34). The Hall–Kier alpha value is -3.83. The lowest BCUT2D eigenvalue weighted by Crippen LogP contribution is -2.40. The van der Waals surface area contributed by atoms with Gasteiger partial charge in [0.2, 0.25) is 0 Å². The third-order valence-electron chi connectivity index (χ3n) is 5.75. The molecular formula is C26H26Cl2N8O2. The summed E-state index contributed by atoms with van der Waals surface area (Å²) >= 11 is 12.5. The van der Waals surface area contributed by atoms with E-state index in [4.69, 9.17) is 38.9 Å². The van der Waals surface area contributed by atoms with E-state index in [1.54, 1.807) is 31.5 Å². The number of benzene rings is 2.